The second kappa shape index (κ2) is 9.15. The Morgan fingerprint density at radius 3 is 2.17 bits per heavy atom. The highest BCUT2D eigenvalue weighted by Gasteiger charge is 2.23. The van der Waals surface area contributed by atoms with Gasteiger partial charge in [0.2, 0.25) is 5.95 Å². The summed E-state index contributed by atoms with van der Waals surface area (Å²) < 4.78 is 40.6. The van der Waals surface area contributed by atoms with Gasteiger partial charge in [-0.2, -0.15) is 0 Å². The maximum atomic E-state index is 13.6. The van der Waals surface area contributed by atoms with Crippen molar-refractivity contribution < 1.29 is 18.3 Å². The van der Waals surface area contributed by atoms with Gasteiger partial charge in [-0.25, -0.2) is 23.1 Å². The molecule has 30 heavy (non-hydrogen) atoms. The maximum Gasteiger partial charge on any atom is 0.270 e. The highest BCUT2D eigenvalue weighted by atomic mass is 19.3. The molecule has 7 heteroatoms. The van der Waals surface area contributed by atoms with Crippen molar-refractivity contribution in [3.8, 4) is 5.75 Å². The smallest absolute Gasteiger partial charge is 0.270 e. The Kier molecular flexibility index (Phi) is 6.59. The number of nitrogens with zero attached hydrogens (tertiary/aromatic N) is 3. The summed E-state index contributed by atoms with van der Waals surface area (Å²) in [6.07, 6.45) is 4.84. The third kappa shape index (κ3) is 5.49. The zero-order valence-corrected chi connectivity index (χ0v) is 16.9. The molecule has 0 saturated heterocycles. The van der Waals surface area contributed by atoms with Crippen molar-refractivity contribution >= 4 is 5.95 Å². The summed E-state index contributed by atoms with van der Waals surface area (Å²) in [4.78, 5) is 10.8. The summed E-state index contributed by atoms with van der Waals surface area (Å²) in [6.45, 7) is 3.79. The molecule has 1 N–H and O–H groups in total. The van der Waals surface area contributed by atoms with Crippen molar-refractivity contribution in [2.45, 2.75) is 39.2 Å². The first kappa shape index (κ1) is 21.6. The minimum atomic E-state index is -2.89. The van der Waals surface area contributed by atoms with Crippen LogP contribution in [0.1, 0.15) is 36.1 Å². The van der Waals surface area contributed by atoms with E-state index in [4.69, 9.17) is 0 Å². The Hall–Kier alpha value is -3.09. The van der Waals surface area contributed by atoms with Crippen LogP contribution in [0.25, 0.3) is 0 Å². The Balaban J connectivity index is 1.80. The van der Waals surface area contributed by atoms with Crippen LogP contribution in [0.3, 0.4) is 0 Å². The number of rotatable bonds is 8. The SMILES string of the molecule is CCc1cnc(N(CCc2ccc(O)c(F)c2)Cc2ccc(C(C)(F)F)cc2)nc1. The van der Waals surface area contributed by atoms with Crippen LogP contribution in [0.4, 0.5) is 19.1 Å². The first-order valence-electron chi connectivity index (χ1n) is 9.76. The predicted octanol–water partition coefficient (Wildman–Crippen LogP) is 5.24. The molecule has 0 fully saturated rings. The molecule has 3 rings (SSSR count). The van der Waals surface area contributed by atoms with Gasteiger partial charge in [-0.05, 0) is 41.7 Å². The topological polar surface area (TPSA) is 49.2 Å². The quantitative estimate of drug-likeness (QED) is 0.546. The molecule has 0 amide bonds. The molecule has 0 unspecified atom stereocenters. The van der Waals surface area contributed by atoms with Crippen LogP contribution in [0.2, 0.25) is 0 Å². The van der Waals surface area contributed by atoms with Crippen molar-refractivity contribution in [2.75, 3.05) is 11.4 Å². The van der Waals surface area contributed by atoms with Gasteiger partial charge in [-0.1, -0.05) is 37.3 Å². The molecule has 0 aliphatic heterocycles. The summed E-state index contributed by atoms with van der Waals surface area (Å²) >= 11 is 0. The van der Waals surface area contributed by atoms with Gasteiger partial charge >= 0.3 is 0 Å². The highest BCUT2D eigenvalue weighted by molar-refractivity contribution is 5.35. The normalized spacial score (nSPS) is 11.5. The lowest BCUT2D eigenvalue weighted by atomic mass is 10.1. The molecule has 0 bridgehead atoms. The van der Waals surface area contributed by atoms with Gasteiger partial charge in [0.1, 0.15) is 0 Å². The first-order valence-corrected chi connectivity index (χ1v) is 9.76. The van der Waals surface area contributed by atoms with E-state index in [2.05, 4.69) is 9.97 Å². The number of alkyl halides is 2. The van der Waals surface area contributed by atoms with E-state index in [0.717, 1.165) is 30.0 Å². The van der Waals surface area contributed by atoms with Crippen LogP contribution in [-0.2, 0) is 25.3 Å². The highest BCUT2D eigenvalue weighted by Crippen LogP contribution is 2.27. The van der Waals surface area contributed by atoms with Gasteiger partial charge in [0, 0.05) is 38.0 Å². The standard InChI is InChI=1S/C23H24F3N3O/c1-3-16-13-27-22(28-14-16)29(11-10-17-6-9-21(30)20(24)12-17)15-18-4-7-19(8-5-18)23(2,25)26/h4-9,12-14,30H,3,10-11,15H2,1-2H3. The largest absolute Gasteiger partial charge is 0.505 e. The van der Waals surface area contributed by atoms with E-state index >= 15 is 0 Å². The lowest BCUT2D eigenvalue weighted by molar-refractivity contribution is 0.0174. The number of aromatic hydroxyl groups is 1. The first-order chi connectivity index (χ1) is 14.3. The summed E-state index contributed by atoms with van der Waals surface area (Å²) in [5.74, 6) is -3.43. The van der Waals surface area contributed by atoms with Gasteiger partial charge in [0.25, 0.3) is 5.92 Å². The lowest BCUT2D eigenvalue weighted by Crippen LogP contribution is -2.27. The van der Waals surface area contributed by atoms with E-state index in [1.54, 1.807) is 30.6 Å². The van der Waals surface area contributed by atoms with Crippen LogP contribution in [0, 0.1) is 5.82 Å². The van der Waals surface area contributed by atoms with Gasteiger partial charge in [0.15, 0.2) is 11.6 Å². The Labute approximate surface area is 174 Å². The third-order valence-electron chi connectivity index (χ3n) is 4.90. The number of aromatic nitrogens is 2. The van der Waals surface area contributed by atoms with Crippen molar-refractivity contribution in [3.63, 3.8) is 0 Å². The molecular weight excluding hydrogens is 391 g/mol. The van der Waals surface area contributed by atoms with Crippen LogP contribution in [0.5, 0.6) is 5.75 Å². The number of anilines is 1. The average molecular weight is 415 g/mol. The van der Waals surface area contributed by atoms with Crippen molar-refractivity contribution in [1.29, 1.82) is 0 Å². The van der Waals surface area contributed by atoms with Crippen LogP contribution >= 0.6 is 0 Å². The van der Waals surface area contributed by atoms with E-state index in [1.807, 2.05) is 11.8 Å². The molecule has 2 aromatic carbocycles. The van der Waals surface area contributed by atoms with E-state index in [1.165, 1.54) is 24.3 Å². The minimum absolute atomic E-state index is 0.0408. The van der Waals surface area contributed by atoms with Gasteiger partial charge in [-0.15, -0.1) is 0 Å². The van der Waals surface area contributed by atoms with E-state index in [0.29, 0.717) is 25.5 Å². The number of benzene rings is 2. The molecule has 1 aromatic heterocycles. The fraction of sp³-hybridized carbons (Fsp3) is 0.304. The number of aryl methyl sites for hydroxylation is 1. The zero-order valence-electron chi connectivity index (χ0n) is 16.9. The van der Waals surface area contributed by atoms with Crippen molar-refractivity contribution in [1.82, 2.24) is 9.97 Å². The van der Waals surface area contributed by atoms with Crippen LogP contribution in [-0.4, -0.2) is 21.6 Å². The lowest BCUT2D eigenvalue weighted by Gasteiger charge is -2.23. The fourth-order valence-corrected chi connectivity index (χ4v) is 3.04. The number of phenols is 1. The second-order valence-electron chi connectivity index (χ2n) is 7.29. The molecular formula is C23H24F3N3O. The summed E-state index contributed by atoms with van der Waals surface area (Å²) in [6, 6.07) is 10.5. The van der Waals surface area contributed by atoms with E-state index < -0.39 is 11.7 Å². The van der Waals surface area contributed by atoms with Gasteiger partial charge in [0.05, 0.1) is 0 Å². The predicted molar refractivity (Wildman–Crippen MR) is 110 cm³/mol. The Morgan fingerprint density at radius 2 is 1.60 bits per heavy atom. The monoisotopic (exact) mass is 415 g/mol. The minimum Gasteiger partial charge on any atom is -0.505 e. The molecule has 0 radical (unpaired) electrons. The summed E-state index contributed by atoms with van der Waals surface area (Å²) in [7, 11) is 0. The molecule has 3 aromatic rings. The number of phenolic OH excluding ortho intramolecular Hbond substituents is 1. The molecule has 0 atom stereocenters. The van der Waals surface area contributed by atoms with Crippen LogP contribution < -0.4 is 4.90 Å². The summed E-state index contributed by atoms with van der Waals surface area (Å²) in [5.41, 5.74) is 2.53. The van der Waals surface area contributed by atoms with Gasteiger partial charge < -0.3 is 10.0 Å². The Bertz CT molecular complexity index is 970. The van der Waals surface area contributed by atoms with E-state index in [-0.39, 0.29) is 11.3 Å². The summed E-state index contributed by atoms with van der Waals surface area (Å²) in [5, 5.41) is 9.36. The van der Waals surface area contributed by atoms with E-state index in [9.17, 15) is 18.3 Å². The van der Waals surface area contributed by atoms with Crippen LogP contribution in [0.15, 0.2) is 54.9 Å². The number of hydrogen-bond donors (Lipinski definition) is 1. The molecule has 1 heterocycles. The third-order valence-corrected chi connectivity index (χ3v) is 4.90. The molecule has 0 spiro atoms. The Morgan fingerprint density at radius 1 is 0.967 bits per heavy atom. The molecule has 0 saturated carbocycles. The van der Waals surface area contributed by atoms with Crippen molar-refractivity contribution in [3.05, 3.63) is 82.9 Å². The number of hydrogen-bond acceptors (Lipinski definition) is 4. The molecule has 0 aliphatic rings. The fourth-order valence-electron chi connectivity index (χ4n) is 3.04. The van der Waals surface area contributed by atoms with Gasteiger partial charge in [-0.3, -0.25) is 0 Å². The van der Waals surface area contributed by atoms with Crippen molar-refractivity contribution in [2.24, 2.45) is 0 Å². The second-order valence-corrected chi connectivity index (χ2v) is 7.29. The molecule has 4 nitrogen and oxygen atoms in total. The zero-order chi connectivity index (χ0) is 21.7. The molecule has 158 valence electrons. The number of halogens is 3. The maximum absolute atomic E-state index is 13.6. The molecule has 0 aliphatic carbocycles. The average Bonchev–Trinajstić information content (AvgIpc) is 2.73.